The Bertz CT molecular complexity index is 496. The molecular weight excluding hydrogens is 336 g/mol. The van der Waals surface area contributed by atoms with Crippen molar-refractivity contribution < 1.29 is 17.7 Å². The molecule has 2 N–H and O–H groups in total. The molecule has 6 nitrogen and oxygen atoms in total. The van der Waals surface area contributed by atoms with Crippen LogP contribution in [-0.2, 0) is 24.4 Å². The monoisotopic (exact) mass is 354 g/mol. The van der Waals surface area contributed by atoms with E-state index in [1.807, 2.05) is 0 Å². The number of ether oxygens (including phenoxy) is 1. The molecule has 1 rings (SSSR count). The Labute approximate surface area is 134 Å². The number of nitrogens with zero attached hydrogens (tertiary/aromatic N) is 1. The summed E-state index contributed by atoms with van der Waals surface area (Å²) < 4.78 is 29.3. The summed E-state index contributed by atoms with van der Waals surface area (Å²) in [6.07, 6.45) is 4.48. The maximum Gasteiger partial charge on any atom is 0.266 e. The highest BCUT2D eigenvalue weighted by Crippen LogP contribution is 2.11. The van der Waals surface area contributed by atoms with Gasteiger partial charge in [-0.15, -0.1) is 0 Å². The minimum absolute atomic E-state index is 0.129. The Morgan fingerprint density at radius 1 is 1.29 bits per heavy atom. The van der Waals surface area contributed by atoms with E-state index in [0.717, 1.165) is 25.8 Å². The van der Waals surface area contributed by atoms with E-state index >= 15 is 0 Å². The van der Waals surface area contributed by atoms with Crippen molar-refractivity contribution in [1.82, 2.24) is 10.3 Å². The van der Waals surface area contributed by atoms with E-state index in [1.165, 1.54) is 0 Å². The van der Waals surface area contributed by atoms with Gasteiger partial charge in [-0.3, -0.25) is 8.74 Å². The lowest BCUT2D eigenvalue weighted by Crippen LogP contribution is -2.22. The van der Waals surface area contributed by atoms with Gasteiger partial charge in [0.2, 0.25) is 5.88 Å². The van der Waals surface area contributed by atoms with Gasteiger partial charge in [-0.2, -0.15) is 4.21 Å². The zero-order valence-electron chi connectivity index (χ0n) is 11.5. The zero-order chi connectivity index (χ0) is 15.6. The fraction of sp³-hybridized carbons (Fsp3) is 0.583. The molecule has 0 aliphatic carbocycles. The van der Waals surface area contributed by atoms with Crippen LogP contribution >= 0.6 is 11.6 Å². The van der Waals surface area contributed by atoms with Crippen LogP contribution < -0.4 is 10.1 Å². The molecule has 0 radical (unpaired) electrons. The van der Waals surface area contributed by atoms with Gasteiger partial charge in [-0.05, 0) is 31.9 Å². The minimum atomic E-state index is -3.50. The van der Waals surface area contributed by atoms with E-state index in [1.54, 1.807) is 18.3 Å². The van der Waals surface area contributed by atoms with Gasteiger partial charge in [0.1, 0.15) is 0 Å². The fourth-order valence-electron chi connectivity index (χ4n) is 1.50. The van der Waals surface area contributed by atoms with Crippen LogP contribution in [0.1, 0.15) is 19.3 Å². The number of hydrogen-bond acceptors (Lipinski definition) is 6. The number of nitrogens with one attached hydrogen (secondary N) is 1. The van der Waals surface area contributed by atoms with Crippen molar-refractivity contribution >= 4 is 31.8 Å². The zero-order valence-corrected chi connectivity index (χ0v) is 13.9. The summed E-state index contributed by atoms with van der Waals surface area (Å²) in [7, 11) is -3.50. The third-order valence-electron chi connectivity index (χ3n) is 2.46. The van der Waals surface area contributed by atoms with Crippen molar-refractivity contribution in [2.45, 2.75) is 19.3 Å². The van der Waals surface area contributed by atoms with Crippen LogP contribution in [0.2, 0.25) is 5.02 Å². The molecule has 0 saturated carbocycles. The standard InChI is InChI=1S/C12H19ClN2O4S2/c13-11-4-5-12(15-10-11)18-8-3-1-2-6-14-7-9-19-21(16,17)20/h4-5,10,14H,1-3,6-9H2,(H,16,17,20). The lowest BCUT2D eigenvalue weighted by Gasteiger charge is -2.06. The Balaban J connectivity index is 1.90. The van der Waals surface area contributed by atoms with Gasteiger partial charge in [-0.25, -0.2) is 4.98 Å². The summed E-state index contributed by atoms with van der Waals surface area (Å²) in [5.41, 5.74) is 0. The van der Waals surface area contributed by atoms with Gasteiger partial charge in [-0.1, -0.05) is 11.6 Å². The van der Waals surface area contributed by atoms with Crippen LogP contribution in [0.15, 0.2) is 18.3 Å². The fourth-order valence-corrected chi connectivity index (χ4v) is 2.11. The molecular formula is C12H19ClN2O4S2. The van der Waals surface area contributed by atoms with Crippen LogP contribution in [-0.4, -0.2) is 40.0 Å². The maximum absolute atomic E-state index is 10.6. The summed E-state index contributed by atoms with van der Waals surface area (Å²) in [6.45, 7) is 2.05. The van der Waals surface area contributed by atoms with Crippen molar-refractivity contribution in [3.63, 3.8) is 0 Å². The predicted molar refractivity (Wildman–Crippen MR) is 85.6 cm³/mol. The molecule has 1 aromatic heterocycles. The third-order valence-corrected chi connectivity index (χ3v) is 3.44. The minimum Gasteiger partial charge on any atom is -0.478 e. The summed E-state index contributed by atoms with van der Waals surface area (Å²) >= 11 is 9.91. The molecule has 1 atom stereocenters. The largest absolute Gasteiger partial charge is 0.478 e. The third kappa shape index (κ3) is 10.8. The van der Waals surface area contributed by atoms with E-state index in [-0.39, 0.29) is 6.61 Å². The molecule has 21 heavy (non-hydrogen) atoms. The molecule has 1 aromatic rings. The summed E-state index contributed by atoms with van der Waals surface area (Å²) in [5.74, 6) is 0.575. The number of rotatable bonds is 11. The summed E-state index contributed by atoms with van der Waals surface area (Å²) in [5, 5.41) is 3.69. The average molecular weight is 355 g/mol. The smallest absolute Gasteiger partial charge is 0.266 e. The maximum atomic E-state index is 10.6. The molecule has 0 amide bonds. The Morgan fingerprint density at radius 2 is 2.10 bits per heavy atom. The second kappa shape index (κ2) is 10.3. The number of halogens is 1. The molecule has 0 aliphatic rings. The van der Waals surface area contributed by atoms with Crippen molar-refractivity contribution in [2.75, 3.05) is 26.3 Å². The van der Waals surface area contributed by atoms with Crippen LogP contribution in [0.25, 0.3) is 0 Å². The Hall–Kier alpha value is -0.510. The Morgan fingerprint density at radius 3 is 2.76 bits per heavy atom. The molecule has 1 heterocycles. The molecule has 0 fully saturated rings. The Kier molecular flexibility index (Phi) is 9.05. The van der Waals surface area contributed by atoms with Crippen molar-refractivity contribution in [2.24, 2.45) is 0 Å². The van der Waals surface area contributed by atoms with Gasteiger partial charge in [0.15, 0.2) is 0 Å². The first-order valence-corrected chi connectivity index (χ1v) is 9.28. The highest BCUT2D eigenvalue weighted by Gasteiger charge is 1.98. The first kappa shape index (κ1) is 18.5. The van der Waals surface area contributed by atoms with Crippen LogP contribution in [0.5, 0.6) is 5.88 Å². The molecule has 0 aliphatic heterocycles. The SMILES string of the molecule is O=S(O)(=S)OCCNCCCCCOc1ccc(Cl)cn1. The van der Waals surface area contributed by atoms with Gasteiger partial charge < -0.3 is 10.1 Å². The molecule has 9 heteroatoms. The van der Waals surface area contributed by atoms with E-state index in [2.05, 4.69) is 25.7 Å². The molecule has 120 valence electrons. The van der Waals surface area contributed by atoms with Gasteiger partial charge in [0.05, 0.1) is 18.2 Å². The van der Waals surface area contributed by atoms with Crippen LogP contribution in [0, 0.1) is 0 Å². The van der Waals surface area contributed by atoms with E-state index in [4.69, 9.17) is 20.9 Å². The number of pyridine rings is 1. The quantitative estimate of drug-likeness (QED) is 0.588. The number of unbranched alkanes of at least 4 members (excludes halogenated alkanes) is 2. The summed E-state index contributed by atoms with van der Waals surface area (Å²) in [4.78, 5) is 4.03. The van der Waals surface area contributed by atoms with Gasteiger partial charge in [0, 0.05) is 30.0 Å². The van der Waals surface area contributed by atoms with Crippen molar-refractivity contribution in [3.8, 4) is 5.88 Å². The first-order valence-electron chi connectivity index (χ1n) is 6.54. The van der Waals surface area contributed by atoms with Gasteiger partial charge >= 0.3 is 0 Å². The second-order valence-corrected chi connectivity index (χ2v) is 7.01. The van der Waals surface area contributed by atoms with Crippen molar-refractivity contribution in [1.29, 1.82) is 0 Å². The first-order chi connectivity index (χ1) is 9.97. The average Bonchev–Trinajstić information content (AvgIpc) is 2.42. The number of hydrogen-bond donors (Lipinski definition) is 2. The van der Waals surface area contributed by atoms with E-state index in [9.17, 15) is 4.21 Å². The van der Waals surface area contributed by atoms with Crippen LogP contribution in [0.4, 0.5) is 0 Å². The van der Waals surface area contributed by atoms with E-state index < -0.39 is 9.05 Å². The molecule has 0 saturated heterocycles. The summed E-state index contributed by atoms with van der Waals surface area (Å²) in [6, 6.07) is 3.48. The van der Waals surface area contributed by atoms with E-state index in [0.29, 0.717) is 24.1 Å². The lowest BCUT2D eigenvalue weighted by atomic mass is 10.2. The normalized spacial score (nSPS) is 13.8. The molecule has 0 spiro atoms. The molecule has 0 aromatic carbocycles. The van der Waals surface area contributed by atoms with Crippen LogP contribution in [0.3, 0.4) is 0 Å². The second-order valence-electron chi connectivity index (χ2n) is 4.22. The number of aromatic nitrogens is 1. The van der Waals surface area contributed by atoms with Crippen molar-refractivity contribution in [3.05, 3.63) is 23.4 Å². The highest BCUT2D eigenvalue weighted by molar-refractivity contribution is 8.27. The lowest BCUT2D eigenvalue weighted by molar-refractivity contribution is 0.290. The molecule has 0 bridgehead atoms. The molecule has 1 unspecified atom stereocenters. The topological polar surface area (TPSA) is 80.7 Å². The predicted octanol–water partition coefficient (Wildman–Crippen LogP) is 2.02. The highest BCUT2D eigenvalue weighted by atomic mass is 35.5. The van der Waals surface area contributed by atoms with Gasteiger partial charge in [0.25, 0.3) is 9.05 Å².